The lowest BCUT2D eigenvalue weighted by molar-refractivity contribution is 0.297. The molecular formula is C21H21FN4O2S. The van der Waals surface area contributed by atoms with Crippen molar-refractivity contribution < 1.29 is 4.39 Å². The maximum Gasteiger partial charge on any atom is 0.332 e. The van der Waals surface area contributed by atoms with Crippen molar-refractivity contribution >= 4 is 11.3 Å². The molecular weight excluding hydrogens is 391 g/mol. The first-order chi connectivity index (χ1) is 14.0. The lowest BCUT2D eigenvalue weighted by atomic mass is 9.85. The van der Waals surface area contributed by atoms with E-state index in [0.717, 1.165) is 42.2 Å². The van der Waals surface area contributed by atoms with Crippen molar-refractivity contribution in [2.45, 2.75) is 37.9 Å². The highest BCUT2D eigenvalue weighted by atomic mass is 32.1. The lowest BCUT2D eigenvalue weighted by Gasteiger charge is -2.23. The second kappa shape index (κ2) is 7.03. The lowest BCUT2D eigenvalue weighted by Crippen LogP contribution is -2.45. The van der Waals surface area contributed by atoms with Gasteiger partial charge >= 0.3 is 11.1 Å². The molecule has 2 aromatic heterocycles. The van der Waals surface area contributed by atoms with Gasteiger partial charge in [0.25, 0.3) is 0 Å². The molecule has 6 nitrogen and oxygen atoms in total. The first-order valence-corrected chi connectivity index (χ1v) is 10.6. The summed E-state index contributed by atoms with van der Waals surface area (Å²) in [6, 6.07) is 10.5. The van der Waals surface area contributed by atoms with E-state index in [9.17, 15) is 14.0 Å². The summed E-state index contributed by atoms with van der Waals surface area (Å²) >= 11 is 1.54. The summed E-state index contributed by atoms with van der Waals surface area (Å²) in [7, 11) is 0. The number of halogens is 1. The Labute approximate surface area is 170 Å². The molecule has 1 saturated heterocycles. The average Bonchev–Trinajstić information content (AvgIpc) is 3.42. The quantitative estimate of drug-likeness (QED) is 0.617. The summed E-state index contributed by atoms with van der Waals surface area (Å²) in [6.07, 6.45) is 1.68. The Morgan fingerprint density at radius 2 is 1.93 bits per heavy atom. The van der Waals surface area contributed by atoms with Crippen LogP contribution >= 0.6 is 11.3 Å². The van der Waals surface area contributed by atoms with E-state index in [2.05, 4.69) is 10.00 Å². The number of thiophene rings is 1. The fraction of sp³-hybridized carbons (Fsp3) is 0.381. The molecule has 150 valence electrons. The molecule has 3 aromatic rings. The van der Waals surface area contributed by atoms with Gasteiger partial charge in [-0.25, -0.2) is 9.07 Å². The molecule has 0 N–H and O–H groups in total. The Kier molecular flexibility index (Phi) is 4.48. The van der Waals surface area contributed by atoms with Gasteiger partial charge in [-0.05, 0) is 48.5 Å². The van der Waals surface area contributed by atoms with Crippen LogP contribution < -0.4 is 11.1 Å². The summed E-state index contributed by atoms with van der Waals surface area (Å²) in [6.45, 7) is 3.13. The van der Waals surface area contributed by atoms with Crippen LogP contribution in [0.15, 0.2) is 51.4 Å². The largest absolute Gasteiger partial charge is 0.332 e. The first kappa shape index (κ1) is 18.4. The fourth-order valence-corrected chi connectivity index (χ4v) is 5.29. The number of nitrogens with zero attached hydrogens (tertiary/aromatic N) is 4. The predicted molar refractivity (Wildman–Crippen MR) is 109 cm³/mol. The normalized spacial score (nSPS) is 21.1. The SMILES string of the molecule is O=c1c(=O)n2c(nn1Cc1cccs1)[C@@]1(CCN(Cc3cccc(F)c3)C1)CC2. The summed E-state index contributed by atoms with van der Waals surface area (Å²) in [5.74, 6) is 0.494. The summed E-state index contributed by atoms with van der Waals surface area (Å²) < 4.78 is 16.4. The fourth-order valence-electron chi connectivity index (χ4n) is 4.60. The van der Waals surface area contributed by atoms with Gasteiger partial charge in [0.2, 0.25) is 0 Å². The Morgan fingerprint density at radius 3 is 2.72 bits per heavy atom. The van der Waals surface area contributed by atoms with Crippen molar-refractivity contribution in [2.24, 2.45) is 0 Å². The molecule has 0 aliphatic carbocycles. The highest BCUT2D eigenvalue weighted by molar-refractivity contribution is 7.09. The van der Waals surface area contributed by atoms with Gasteiger partial charge in [0.05, 0.1) is 6.54 Å². The smallest absolute Gasteiger partial charge is 0.298 e. The Morgan fingerprint density at radius 1 is 1.07 bits per heavy atom. The molecule has 0 saturated carbocycles. The average molecular weight is 412 g/mol. The minimum absolute atomic E-state index is 0.225. The summed E-state index contributed by atoms with van der Waals surface area (Å²) in [5.41, 5.74) is -0.328. The zero-order chi connectivity index (χ0) is 20.0. The molecule has 2 aliphatic rings. The monoisotopic (exact) mass is 412 g/mol. The van der Waals surface area contributed by atoms with E-state index in [1.165, 1.54) is 10.7 Å². The molecule has 5 rings (SSSR count). The topological polar surface area (TPSA) is 60.1 Å². The molecule has 1 atom stereocenters. The summed E-state index contributed by atoms with van der Waals surface area (Å²) in [4.78, 5) is 28.5. The molecule has 1 fully saturated rings. The van der Waals surface area contributed by atoms with Gasteiger partial charge in [0, 0.05) is 29.9 Å². The third-order valence-corrected chi connectivity index (χ3v) is 6.90. The van der Waals surface area contributed by atoms with Gasteiger partial charge in [0.15, 0.2) is 0 Å². The van der Waals surface area contributed by atoms with Gasteiger partial charge in [-0.3, -0.25) is 19.1 Å². The molecule has 8 heteroatoms. The van der Waals surface area contributed by atoms with E-state index in [4.69, 9.17) is 0 Å². The van der Waals surface area contributed by atoms with Crippen molar-refractivity contribution in [1.29, 1.82) is 0 Å². The highest BCUT2D eigenvalue weighted by Gasteiger charge is 2.47. The van der Waals surface area contributed by atoms with Crippen LogP contribution in [0.5, 0.6) is 0 Å². The second-order valence-electron chi connectivity index (χ2n) is 7.94. The highest BCUT2D eigenvalue weighted by Crippen LogP contribution is 2.40. The van der Waals surface area contributed by atoms with Crippen LogP contribution in [0.2, 0.25) is 0 Å². The van der Waals surface area contributed by atoms with Gasteiger partial charge in [-0.2, -0.15) is 5.10 Å². The van der Waals surface area contributed by atoms with E-state index >= 15 is 0 Å². The van der Waals surface area contributed by atoms with Crippen LogP contribution in [0.4, 0.5) is 4.39 Å². The van der Waals surface area contributed by atoms with Crippen molar-refractivity contribution in [2.75, 3.05) is 13.1 Å². The molecule has 0 bridgehead atoms. The Balaban J connectivity index is 1.45. The Bertz CT molecular complexity index is 1170. The molecule has 1 spiro atoms. The van der Waals surface area contributed by atoms with Gasteiger partial charge in [-0.1, -0.05) is 18.2 Å². The van der Waals surface area contributed by atoms with E-state index in [-0.39, 0.29) is 11.2 Å². The summed E-state index contributed by atoms with van der Waals surface area (Å²) in [5, 5.41) is 6.61. The van der Waals surface area contributed by atoms with Gasteiger partial charge < -0.3 is 0 Å². The molecule has 0 amide bonds. The van der Waals surface area contributed by atoms with Gasteiger partial charge in [0.1, 0.15) is 11.6 Å². The van der Waals surface area contributed by atoms with Crippen LogP contribution in [-0.4, -0.2) is 32.3 Å². The number of hydrogen-bond acceptors (Lipinski definition) is 5. The zero-order valence-corrected chi connectivity index (χ0v) is 16.7. The minimum Gasteiger partial charge on any atom is -0.298 e. The third kappa shape index (κ3) is 3.26. The number of fused-ring (bicyclic) bond motifs is 2. The molecule has 4 heterocycles. The minimum atomic E-state index is -0.561. The van der Waals surface area contributed by atoms with Crippen molar-refractivity contribution in [3.8, 4) is 0 Å². The van der Waals surface area contributed by atoms with Crippen molar-refractivity contribution in [1.82, 2.24) is 19.2 Å². The van der Waals surface area contributed by atoms with Crippen molar-refractivity contribution in [3.63, 3.8) is 0 Å². The number of hydrogen-bond donors (Lipinski definition) is 0. The Hall–Kier alpha value is -2.58. The van der Waals surface area contributed by atoms with Crippen molar-refractivity contribution in [3.05, 3.63) is 84.6 Å². The maximum absolute atomic E-state index is 13.5. The van der Waals surface area contributed by atoms with E-state index in [1.54, 1.807) is 28.0 Å². The first-order valence-electron chi connectivity index (χ1n) is 9.76. The van der Waals surface area contributed by atoms with Crippen LogP contribution in [-0.2, 0) is 25.0 Å². The maximum atomic E-state index is 13.5. The van der Waals surface area contributed by atoms with Crippen LogP contribution in [0, 0.1) is 5.82 Å². The molecule has 0 radical (unpaired) electrons. The van der Waals surface area contributed by atoms with E-state index in [1.807, 2.05) is 23.6 Å². The third-order valence-electron chi connectivity index (χ3n) is 6.04. The van der Waals surface area contributed by atoms with Gasteiger partial charge in [-0.15, -0.1) is 11.3 Å². The number of rotatable bonds is 4. The van der Waals surface area contributed by atoms with Crippen LogP contribution in [0.3, 0.4) is 0 Å². The number of aromatic nitrogens is 3. The number of benzene rings is 1. The molecule has 1 aromatic carbocycles. The van der Waals surface area contributed by atoms with E-state index in [0.29, 0.717) is 19.6 Å². The molecule has 29 heavy (non-hydrogen) atoms. The standard InChI is InChI=1S/C21H21FN4O2S/c22-16-4-1-3-15(11-16)12-24-8-6-21(14-24)7-9-25-18(27)19(28)26(23-20(21)25)13-17-5-2-10-29-17/h1-5,10-11H,6-9,12-14H2/t21-/m0/s1. The predicted octanol–water partition coefficient (Wildman–Crippen LogP) is 2.20. The zero-order valence-electron chi connectivity index (χ0n) is 15.9. The second-order valence-corrected chi connectivity index (χ2v) is 8.98. The van der Waals surface area contributed by atoms with E-state index < -0.39 is 11.1 Å². The number of likely N-dealkylation sites (tertiary alicyclic amines) is 1. The van der Waals surface area contributed by atoms with Crippen LogP contribution in [0.25, 0.3) is 0 Å². The molecule has 2 aliphatic heterocycles. The molecule has 0 unspecified atom stereocenters. The van der Waals surface area contributed by atoms with Crippen LogP contribution in [0.1, 0.15) is 29.1 Å².